The molecule has 4 saturated heterocycles. The molecule has 0 radical (unpaired) electrons. The van der Waals surface area contributed by atoms with Gasteiger partial charge in [0.15, 0.2) is 5.82 Å². The summed E-state index contributed by atoms with van der Waals surface area (Å²) in [6.07, 6.45) is 13.5. The van der Waals surface area contributed by atoms with Crippen LogP contribution in [0.5, 0.6) is 11.8 Å². The minimum Gasteiger partial charge on any atom is -0.508 e. The van der Waals surface area contributed by atoms with E-state index in [2.05, 4.69) is 31.0 Å². The smallest absolute Gasteiger partial charge is 0.319 e. The lowest BCUT2D eigenvalue weighted by Gasteiger charge is -2.35. The number of piperazine rings is 1. The molecule has 4 aromatic rings. The Morgan fingerprint density at radius 1 is 1.13 bits per heavy atom. The molecule has 8 rings (SSSR count). The third-order valence-electron chi connectivity index (χ3n) is 10.5. The Balaban J connectivity index is 1.25. The van der Waals surface area contributed by atoms with Crippen LogP contribution in [0.25, 0.3) is 32.9 Å². The summed E-state index contributed by atoms with van der Waals surface area (Å²) >= 11 is 0. The second-order valence-electron chi connectivity index (χ2n) is 13.2. The highest BCUT2D eigenvalue weighted by molar-refractivity contribution is 6.03. The Hall–Kier alpha value is -4.11. The molecule has 46 heavy (non-hydrogen) atoms. The number of phenolic OH excluding ortho intramolecular Hbond substituents is 1. The average Bonchev–Trinajstić information content (AvgIpc) is 3.73. The van der Waals surface area contributed by atoms with Crippen LogP contribution < -0.4 is 15.0 Å². The highest BCUT2D eigenvalue weighted by Crippen LogP contribution is 2.43. The average molecular weight is 627 g/mol. The number of methoxy groups -OCH3 is 1. The number of pyridine rings is 1. The van der Waals surface area contributed by atoms with Gasteiger partial charge in [-0.2, -0.15) is 9.97 Å². The predicted molar refractivity (Wildman–Crippen MR) is 171 cm³/mol. The third kappa shape index (κ3) is 4.73. The van der Waals surface area contributed by atoms with Crippen molar-refractivity contribution in [2.75, 3.05) is 44.9 Å². The first kappa shape index (κ1) is 29.3. The van der Waals surface area contributed by atoms with Crippen LogP contribution in [-0.4, -0.2) is 88.6 Å². The number of nitrogens with one attached hydrogen (secondary N) is 1. The van der Waals surface area contributed by atoms with Crippen LogP contribution in [0.3, 0.4) is 0 Å². The Labute approximate surface area is 265 Å². The lowest BCUT2D eigenvalue weighted by molar-refractivity contribution is 0.0521. The Kier molecular flexibility index (Phi) is 7.20. The molecule has 0 saturated carbocycles. The molecule has 4 aliphatic rings. The monoisotopic (exact) mass is 626 g/mol. The number of aromatic hydroxyl groups is 1. The molecule has 238 valence electrons. The van der Waals surface area contributed by atoms with Crippen LogP contribution in [0, 0.1) is 24.0 Å². The summed E-state index contributed by atoms with van der Waals surface area (Å²) in [5.41, 5.74) is -0.0178. The molecule has 0 spiro atoms. The summed E-state index contributed by atoms with van der Waals surface area (Å²) in [5.74, 6) is 1.52. The number of halogens is 2. The van der Waals surface area contributed by atoms with Crippen molar-refractivity contribution in [3.05, 3.63) is 47.7 Å². The fourth-order valence-electron chi connectivity index (χ4n) is 8.42. The molecule has 4 fully saturated rings. The van der Waals surface area contributed by atoms with Gasteiger partial charge < -0.3 is 24.8 Å². The third-order valence-corrected chi connectivity index (χ3v) is 10.5. The van der Waals surface area contributed by atoms with E-state index in [1.807, 2.05) is 0 Å². The first-order valence-electron chi connectivity index (χ1n) is 16.1. The maximum Gasteiger partial charge on any atom is 0.319 e. The standard InChI is InChI=1S/C35H36F2N6O3/c1-3-25-28(36)8-5-20-13-24(44)14-26(29(20)25)31-30(37)32-27(15-38-31)33(42-16-21-6-7-22(17-42)39-21)41-34(40-32)46-19-35-10-4-12-43(35)23(9-11-35)18-45-2/h1,5,8,13-15,21-23,39,44H,4,6-7,9-12,16-19H2,2H3/t21-,22+,23?,35?. The van der Waals surface area contributed by atoms with Crippen molar-refractivity contribution in [1.29, 1.82) is 0 Å². The first-order chi connectivity index (χ1) is 22.4. The molecule has 6 heterocycles. The zero-order chi connectivity index (χ0) is 31.6. The number of terminal acetylenes is 1. The van der Waals surface area contributed by atoms with E-state index in [1.54, 1.807) is 13.3 Å². The zero-order valence-corrected chi connectivity index (χ0v) is 25.7. The number of ether oxygens (including phenoxy) is 2. The van der Waals surface area contributed by atoms with E-state index >= 15 is 4.39 Å². The number of phenols is 1. The number of rotatable bonds is 7. The van der Waals surface area contributed by atoms with Gasteiger partial charge in [0.05, 0.1) is 23.1 Å². The van der Waals surface area contributed by atoms with Gasteiger partial charge in [0.25, 0.3) is 0 Å². The van der Waals surface area contributed by atoms with Crippen LogP contribution in [0.4, 0.5) is 14.6 Å². The molecule has 9 nitrogen and oxygen atoms in total. The minimum atomic E-state index is -0.718. The van der Waals surface area contributed by atoms with Crippen LogP contribution in [0.2, 0.25) is 0 Å². The van der Waals surface area contributed by atoms with Gasteiger partial charge in [-0.25, -0.2) is 8.78 Å². The van der Waals surface area contributed by atoms with E-state index in [-0.39, 0.29) is 39.6 Å². The number of fused-ring (bicyclic) bond motifs is 5. The van der Waals surface area contributed by atoms with Crippen LogP contribution in [0.1, 0.15) is 44.1 Å². The number of benzene rings is 2. The molecule has 4 aliphatic heterocycles. The van der Waals surface area contributed by atoms with Gasteiger partial charge in [0.2, 0.25) is 0 Å². The summed E-state index contributed by atoms with van der Waals surface area (Å²) in [5, 5.41) is 15.4. The van der Waals surface area contributed by atoms with Crippen molar-refractivity contribution in [3.63, 3.8) is 0 Å². The number of aromatic nitrogens is 3. The first-order valence-corrected chi connectivity index (χ1v) is 16.1. The summed E-state index contributed by atoms with van der Waals surface area (Å²) in [7, 11) is 1.74. The maximum atomic E-state index is 16.8. The Morgan fingerprint density at radius 2 is 1.96 bits per heavy atom. The molecular formula is C35H36F2N6O3. The van der Waals surface area contributed by atoms with Crippen molar-refractivity contribution in [2.45, 2.75) is 62.2 Å². The Bertz CT molecular complexity index is 1890. The molecule has 0 amide bonds. The summed E-state index contributed by atoms with van der Waals surface area (Å²) in [6.45, 7) is 3.52. The largest absolute Gasteiger partial charge is 0.508 e. The normalized spacial score (nSPS) is 25.8. The molecule has 11 heteroatoms. The van der Waals surface area contributed by atoms with Gasteiger partial charge in [0, 0.05) is 55.5 Å². The van der Waals surface area contributed by atoms with Gasteiger partial charge in [-0.05, 0) is 68.7 Å². The molecular weight excluding hydrogens is 590 g/mol. The molecule has 2 aromatic heterocycles. The highest BCUT2D eigenvalue weighted by atomic mass is 19.1. The lowest BCUT2D eigenvalue weighted by atomic mass is 9.95. The van der Waals surface area contributed by atoms with E-state index in [9.17, 15) is 9.50 Å². The molecule has 2 bridgehead atoms. The topological polar surface area (TPSA) is 95.9 Å². The zero-order valence-electron chi connectivity index (χ0n) is 25.7. The molecule has 2 unspecified atom stereocenters. The van der Waals surface area contributed by atoms with Crippen molar-refractivity contribution in [2.24, 2.45) is 0 Å². The fourth-order valence-corrected chi connectivity index (χ4v) is 8.42. The molecule has 2 N–H and O–H groups in total. The summed E-state index contributed by atoms with van der Waals surface area (Å²) in [6, 6.07) is 6.67. The van der Waals surface area contributed by atoms with E-state index in [1.165, 1.54) is 24.3 Å². The number of hydrogen-bond donors (Lipinski definition) is 2. The van der Waals surface area contributed by atoms with E-state index in [0.717, 1.165) is 58.2 Å². The van der Waals surface area contributed by atoms with Gasteiger partial charge in [0.1, 0.15) is 35.2 Å². The molecule has 2 aromatic carbocycles. The second kappa shape index (κ2) is 11.3. The number of nitrogens with zero attached hydrogens (tertiary/aromatic N) is 5. The van der Waals surface area contributed by atoms with Crippen molar-refractivity contribution < 1.29 is 23.4 Å². The minimum absolute atomic E-state index is 0.0267. The van der Waals surface area contributed by atoms with Crippen LogP contribution in [0.15, 0.2) is 30.5 Å². The molecule has 0 aliphatic carbocycles. The van der Waals surface area contributed by atoms with E-state index in [0.29, 0.717) is 53.3 Å². The van der Waals surface area contributed by atoms with Crippen LogP contribution in [-0.2, 0) is 4.74 Å². The predicted octanol–water partition coefficient (Wildman–Crippen LogP) is 4.77. The van der Waals surface area contributed by atoms with Crippen molar-refractivity contribution >= 4 is 27.5 Å². The summed E-state index contributed by atoms with van der Waals surface area (Å²) in [4.78, 5) is 18.8. The summed E-state index contributed by atoms with van der Waals surface area (Å²) < 4.78 is 43.6. The van der Waals surface area contributed by atoms with E-state index in [4.69, 9.17) is 20.9 Å². The maximum absolute atomic E-state index is 16.8. The van der Waals surface area contributed by atoms with Crippen LogP contribution >= 0.6 is 0 Å². The van der Waals surface area contributed by atoms with Crippen molar-refractivity contribution in [3.8, 4) is 35.4 Å². The van der Waals surface area contributed by atoms with Gasteiger partial charge in [-0.1, -0.05) is 12.0 Å². The lowest BCUT2D eigenvalue weighted by Crippen LogP contribution is -2.51. The van der Waals surface area contributed by atoms with Crippen molar-refractivity contribution in [1.82, 2.24) is 25.2 Å². The second-order valence-corrected chi connectivity index (χ2v) is 13.2. The molecule has 4 atom stereocenters. The van der Waals surface area contributed by atoms with Gasteiger partial charge in [-0.3, -0.25) is 9.88 Å². The van der Waals surface area contributed by atoms with E-state index < -0.39 is 11.6 Å². The van der Waals surface area contributed by atoms with Gasteiger partial charge >= 0.3 is 6.01 Å². The quantitative estimate of drug-likeness (QED) is 0.281. The number of anilines is 1. The van der Waals surface area contributed by atoms with Gasteiger partial charge in [-0.15, -0.1) is 6.42 Å². The SMILES string of the molecule is C#Cc1c(F)ccc2cc(O)cc(-c3ncc4c(N5C[C@H]6CC[C@@H](C5)N6)nc(OCC56CCCN5C(COC)CC6)nc4c3F)c12. The Morgan fingerprint density at radius 3 is 2.74 bits per heavy atom. The number of hydrogen-bond acceptors (Lipinski definition) is 9. The fraction of sp³-hybridized carbons (Fsp3) is 0.457. The highest BCUT2D eigenvalue weighted by Gasteiger charge is 2.49.